The molecule has 10 heteroatoms. The quantitative estimate of drug-likeness (QED) is 0.268. The molecule has 1 N–H and O–H groups in total. The summed E-state index contributed by atoms with van der Waals surface area (Å²) < 4.78 is 12.5. The van der Waals surface area contributed by atoms with Gasteiger partial charge in [-0.15, -0.1) is 11.6 Å². The first kappa shape index (κ1) is 24.1. The number of hydrogen-bond donors (Lipinski definition) is 1. The highest BCUT2D eigenvalue weighted by atomic mass is 79.9. The molecule has 0 bridgehead atoms. The van der Waals surface area contributed by atoms with Crippen molar-refractivity contribution in [2.24, 2.45) is 0 Å². The Morgan fingerprint density at radius 2 is 1.16 bits per heavy atom. The predicted molar refractivity (Wildman–Crippen MR) is 128 cm³/mol. The van der Waals surface area contributed by atoms with Crippen LogP contribution in [0.1, 0.15) is 11.1 Å². The van der Waals surface area contributed by atoms with E-state index in [1.54, 1.807) is 43.0 Å². The fraction of sp³-hybridized carbons (Fsp3) is 0.0909. The molecule has 4 aromatic rings. The third-order valence-corrected chi connectivity index (χ3v) is 4.87. The lowest BCUT2D eigenvalue weighted by Gasteiger charge is -2.04. The Hall–Kier alpha value is -2.59. The minimum absolute atomic E-state index is 0.0155. The molecule has 32 heavy (non-hydrogen) atoms. The van der Waals surface area contributed by atoms with Gasteiger partial charge < -0.3 is 14.6 Å². The van der Waals surface area contributed by atoms with Crippen LogP contribution in [0, 0.1) is 0 Å². The molecule has 0 radical (unpaired) electrons. The Morgan fingerprint density at radius 3 is 1.59 bits per heavy atom. The maximum atomic E-state index is 8.97. The van der Waals surface area contributed by atoms with Crippen LogP contribution in [0.25, 0.3) is 0 Å². The summed E-state index contributed by atoms with van der Waals surface area (Å²) in [7, 11) is 0. The first-order chi connectivity index (χ1) is 15.6. The molecule has 2 aromatic carbocycles. The SMILES string of the molecule is ClCc1cccc(Oc2ncc(Br)cn2)c1.OCc1cccc(Oc2ncc(Br)cn2)c1. The second-order valence-electron chi connectivity index (χ2n) is 6.16. The summed E-state index contributed by atoms with van der Waals surface area (Å²) in [4.78, 5) is 16.0. The number of alkyl halides is 1. The van der Waals surface area contributed by atoms with E-state index >= 15 is 0 Å². The van der Waals surface area contributed by atoms with Gasteiger partial charge in [-0.2, -0.15) is 0 Å². The lowest BCUT2D eigenvalue weighted by atomic mass is 10.2. The topological polar surface area (TPSA) is 90.3 Å². The van der Waals surface area contributed by atoms with Crippen molar-refractivity contribution in [3.63, 3.8) is 0 Å². The number of hydrogen-bond acceptors (Lipinski definition) is 7. The minimum atomic E-state index is -0.0155. The summed E-state index contributed by atoms with van der Waals surface area (Å²) in [6, 6.07) is 15.2. The highest BCUT2D eigenvalue weighted by Crippen LogP contribution is 2.21. The first-order valence-corrected chi connectivity index (χ1v) is 11.3. The monoisotopic (exact) mass is 578 g/mol. The molecule has 0 fully saturated rings. The number of nitrogens with zero attached hydrogens (tertiary/aromatic N) is 4. The Bertz CT molecular complexity index is 1040. The molecular formula is C22H17Br2ClN4O3. The van der Waals surface area contributed by atoms with Gasteiger partial charge in [-0.1, -0.05) is 24.3 Å². The summed E-state index contributed by atoms with van der Waals surface area (Å²) in [5.74, 6) is 1.74. The summed E-state index contributed by atoms with van der Waals surface area (Å²) >= 11 is 12.2. The van der Waals surface area contributed by atoms with Crippen molar-refractivity contribution < 1.29 is 14.6 Å². The van der Waals surface area contributed by atoms with E-state index < -0.39 is 0 Å². The third kappa shape index (κ3) is 7.83. The molecule has 4 rings (SSSR count). The van der Waals surface area contributed by atoms with Gasteiger partial charge in [0.25, 0.3) is 0 Å². The predicted octanol–water partition coefficient (Wildman–Crippen LogP) is 6.29. The molecule has 0 amide bonds. The van der Waals surface area contributed by atoms with Crippen LogP contribution in [-0.2, 0) is 12.5 Å². The number of aliphatic hydroxyl groups is 1. The van der Waals surface area contributed by atoms with Crippen LogP contribution in [0.15, 0.2) is 82.3 Å². The van der Waals surface area contributed by atoms with Crippen molar-refractivity contribution in [3.8, 4) is 23.5 Å². The zero-order valence-electron chi connectivity index (χ0n) is 16.5. The van der Waals surface area contributed by atoms with Crippen molar-refractivity contribution in [2.75, 3.05) is 0 Å². The number of rotatable bonds is 6. The van der Waals surface area contributed by atoms with Gasteiger partial charge in [0.1, 0.15) is 11.5 Å². The fourth-order valence-corrected chi connectivity index (χ4v) is 2.89. The zero-order valence-corrected chi connectivity index (χ0v) is 20.5. The standard InChI is InChI=1S/C11H8BrClN2O.C11H9BrN2O2/c12-9-6-14-11(15-7-9)16-10-3-1-2-8(4-10)5-13;12-9-5-13-11(14-6-9)16-10-3-1-2-8(4-10)7-15/h1-4,6-7H,5H2;1-6,15H,7H2. The van der Waals surface area contributed by atoms with Gasteiger partial charge in [-0.05, 0) is 67.3 Å². The molecule has 164 valence electrons. The van der Waals surface area contributed by atoms with E-state index in [9.17, 15) is 0 Å². The average Bonchev–Trinajstić information content (AvgIpc) is 2.83. The summed E-state index contributed by atoms with van der Waals surface area (Å²) in [6.07, 6.45) is 6.48. The molecule has 0 atom stereocenters. The lowest BCUT2D eigenvalue weighted by Crippen LogP contribution is -1.92. The minimum Gasteiger partial charge on any atom is -0.424 e. The van der Waals surface area contributed by atoms with E-state index in [0.29, 0.717) is 23.4 Å². The summed E-state index contributed by atoms with van der Waals surface area (Å²) in [5, 5.41) is 8.97. The van der Waals surface area contributed by atoms with Gasteiger partial charge in [-0.3, -0.25) is 0 Å². The molecule has 0 aliphatic carbocycles. The van der Waals surface area contributed by atoms with Crippen molar-refractivity contribution in [3.05, 3.63) is 93.4 Å². The second kappa shape index (κ2) is 12.4. The maximum absolute atomic E-state index is 8.97. The molecule has 0 spiro atoms. The Morgan fingerprint density at radius 1 is 0.719 bits per heavy atom. The summed E-state index contributed by atoms with van der Waals surface area (Å²) in [5.41, 5.74) is 1.78. The van der Waals surface area contributed by atoms with Crippen LogP contribution in [0.2, 0.25) is 0 Å². The molecular weight excluding hydrogens is 564 g/mol. The van der Waals surface area contributed by atoms with Crippen molar-refractivity contribution in [1.82, 2.24) is 19.9 Å². The average molecular weight is 581 g/mol. The Labute approximate surface area is 206 Å². The van der Waals surface area contributed by atoms with Gasteiger partial charge in [0.2, 0.25) is 0 Å². The van der Waals surface area contributed by atoms with Crippen molar-refractivity contribution in [1.29, 1.82) is 0 Å². The first-order valence-electron chi connectivity index (χ1n) is 9.21. The number of aromatic nitrogens is 4. The fourth-order valence-electron chi connectivity index (χ4n) is 2.32. The molecule has 0 saturated heterocycles. The Balaban J connectivity index is 0.000000181. The van der Waals surface area contributed by atoms with Crippen LogP contribution in [0.5, 0.6) is 23.5 Å². The van der Waals surface area contributed by atoms with Gasteiger partial charge in [0, 0.05) is 30.7 Å². The largest absolute Gasteiger partial charge is 0.424 e. The normalized spacial score (nSPS) is 10.1. The van der Waals surface area contributed by atoms with Gasteiger partial charge in [-0.25, -0.2) is 19.9 Å². The number of ether oxygens (including phenoxy) is 2. The smallest absolute Gasteiger partial charge is 0.321 e. The lowest BCUT2D eigenvalue weighted by molar-refractivity contribution is 0.281. The maximum Gasteiger partial charge on any atom is 0.321 e. The molecule has 0 unspecified atom stereocenters. The second-order valence-corrected chi connectivity index (χ2v) is 8.26. The van der Waals surface area contributed by atoms with Crippen LogP contribution >= 0.6 is 43.5 Å². The number of aliphatic hydroxyl groups excluding tert-OH is 1. The van der Waals surface area contributed by atoms with E-state index in [4.69, 9.17) is 26.2 Å². The Kier molecular flexibility index (Phi) is 9.36. The van der Waals surface area contributed by atoms with E-state index in [0.717, 1.165) is 20.1 Å². The third-order valence-electron chi connectivity index (χ3n) is 3.75. The molecule has 0 aliphatic rings. The number of halogens is 3. The van der Waals surface area contributed by atoms with E-state index in [-0.39, 0.29) is 12.6 Å². The number of benzene rings is 2. The van der Waals surface area contributed by atoms with Crippen LogP contribution in [-0.4, -0.2) is 25.0 Å². The van der Waals surface area contributed by atoms with Gasteiger partial charge in [0.15, 0.2) is 0 Å². The van der Waals surface area contributed by atoms with E-state index in [1.165, 1.54) is 0 Å². The summed E-state index contributed by atoms with van der Waals surface area (Å²) in [6.45, 7) is -0.0155. The highest BCUT2D eigenvalue weighted by molar-refractivity contribution is 9.10. The zero-order chi connectivity index (χ0) is 22.8. The molecule has 2 heterocycles. The van der Waals surface area contributed by atoms with Crippen LogP contribution in [0.3, 0.4) is 0 Å². The van der Waals surface area contributed by atoms with E-state index in [1.807, 2.05) is 30.3 Å². The highest BCUT2D eigenvalue weighted by Gasteiger charge is 2.02. The molecule has 2 aromatic heterocycles. The van der Waals surface area contributed by atoms with E-state index in [2.05, 4.69) is 51.8 Å². The molecule has 0 saturated carbocycles. The molecule has 0 aliphatic heterocycles. The van der Waals surface area contributed by atoms with Gasteiger partial charge in [0.05, 0.1) is 15.6 Å². The van der Waals surface area contributed by atoms with Crippen LogP contribution in [0.4, 0.5) is 0 Å². The van der Waals surface area contributed by atoms with Crippen LogP contribution < -0.4 is 9.47 Å². The van der Waals surface area contributed by atoms with Gasteiger partial charge >= 0.3 is 12.0 Å². The van der Waals surface area contributed by atoms with Crippen molar-refractivity contribution in [2.45, 2.75) is 12.5 Å². The molecule has 7 nitrogen and oxygen atoms in total. The van der Waals surface area contributed by atoms with Crippen molar-refractivity contribution >= 4 is 43.5 Å².